The number of aryl methyl sites for hydroxylation is 2. The van der Waals surface area contributed by atoms with Crippen LogP contribution in [0.3, 0.4) is 0 Å². The third kappa shape index (κ3) is 3.59. The average Bonchev–Trinajstić information content (AvgIpc) is 2.39. The van der Waals surface area contributed by atoms with Gasteiger partial charge in [-0.1, -0.05) is 22.0 Å². The molecule has 0 unspecified atom stereocenters. The van der Waals surface area contributed by atoms with Gasteiger partial charge in [0, 0.05) is 20.8 Å². The molecule has 0 atom stereocenters. The molecule has 0 aliphatic carbocycles. The van der Waals surface area contributed by atoms with Gasteiger partial charge in [0.05, 0.1) is 0 Å². The second kappa shape index (κ2) is 6.70. The second-order valence-corrected chi connectivity index (χ2v) is 6.59. The van der Waals surface area contributed by atoms with E-state index in [4.69, 9.17) is 5.73 Å². The minimum absolute atomic E-state index is 0.657. The van der Waals surface area contributed by atoms with Gasteiger partial charge >= 0.3 is 0 Å². The number of nitrogens with two attached hydrogens (primary N) is 1. The van der Waals surface area contributed by atoms with Crippen LogP contribution in [0, 0.1) is 20.8 Å². The standard InChI is InChI=1S/C15H18BrN3S/c1-9-10(2)18-15(19-11(9)3)20-13-5-4-12(6-7-17)14(16)8-13/h4-5,8H,6-7,17H2,1-3H3. The molecule has 0 fully saturated rings. The summed E-state index contributed by atoms with van der Waals surface area (Å²) in [6.07, 6.45) is 0.880. The van der Waals surface area contributed by atoms with Gasteiger partial charge in [-0.2, -0.15) is 0 Å². The number of hydrogen-bond donors (Lipinski definition) is 1. The highest BCUT2D eigenvalue weighted by Gasteiger charge is 2.08. The molecular weight excluding hydrogens is 334 g/mol. The number of halogens is 1. The zero-order valence-corrected chi connectivity index (χ0v) is 14.3. The molecule has 3 nitrogen and oxygen atoms in total. The third-order valence-electron chi connectivity index (χ3n) is 3.26. The summed E-state index contributed by atoms with van der Waals surface area (Å²) in [5.41, 5.74) is 10.1. The molecule has 2 rings (SSSR count). The lowest BCUT2D eigenvalue weighted by Gasteiger charge is -2.08. The van der Waals surface area contributed by atoms with Crippen LogP contribution in [0.2, 0.25) is 0 Å². The number of benzene rings is 1. The summed E-state index contributed by atoms with van der Waals surface area (Å²) in [7, 11) is 0. The fourth-order valence-electron chi connectivity index (χ4n) is 1.84. The molecule has 2 N–H and O–H groups in total. The second-order valence-electron chi connectivity index (χ2n) is 4.70. The van der Waals surface area contributed by atoms with Crippen molar-refractivity contribution in [3.63, 3.8) is 0 Å². The molecule has 0 spiro atoms. The van der Waals surface area contributed by atoms with Crippen LogP contribution in [-0.4, -0.2) is 16.5 Å². The van der Waals surface area contributed by atoms with Gasteiger partial charge in [0.2, 0.25) is 0 Å². The van der Waals surface area contributed by atoms with Crippen LogP contribution < -0.4 is 5.73 Å². The molecule has 20 heavy (non-hydrogen) atoms. The van der Waals surface area contributed by atoms with E-state index in [1.165, 1.54) is 5.56 Å². The highest BCUT2D eigenvalue weighted by Crippen LogP contribution is 2.30. The molecule has 0 saturated heterocycles. The van der Waals surface area contributed by atoms with E-state index in [2.05, 4.69) is 51.0 Å². The molecule has 0 amide bonds. The molecule has 0 aliphatic heterocycles. The van der Waals surface area contributed by atoms with Crippen LogP contribution in [0.1, 0.15) is 22.5 Å². The quantitative estimate of drug-likeness (QED) is 0.850. The molecule has 1 heterocycles. The van der Waals surface area contributed by atoms with Gasteiger partial charge in [-0.25, -0.2) is 9.97 Å². The highest BCUT2D eigenvalue weighted by molar-refractivity contribution is 9.10. The van der Waals surface area contributed by atoms with Crippen LogP contribution in [0.5, 0.6) is 0 Å². The number of aromatic nitrogens is 2. The van der Waals surface area contributed by atoms with E-state index in [0.717, 1.165) is 37.9 Å². The summed E-state index contributed by atoms with van der Waals surface area (Å²) in [4.78, 5) is 10.2. The lowest BCUT2D eigenvalue weighted by atomic mass is 10.1. The Morgan fingerprint density at radius 1 is 1.15 bits per heavy atom. The van der Waals surface area contributed by atoms with Crippen LogP contribution in [-0.2, 0) is 6.42 Å². The zero-order valence-electron chi connectivity index (χ0n) is 11.9. The summed E-state index contributed by atoms with van der Waals surface area (Å²) in [5, 5.41) is 0.795. The topological polar surface area (TPSA) is 51.8 Å². The molecule has 0 saturated carbocycles. The summed E-state index contributed by atoms with van der Waals surface area (Å²) >= 11 is 5.17. The first-order valence-corrected chi connectivity index (χ1v) is 8.10. The lowest BCUT2D eigenvalue weighted by molar-refractivity contribution is 0.880. The molecule has 106 valence electrons. The van der Waals surface area contributed by atoms with Crippen molar-refractivity contribution in [3.8, 4) is 0 Å². The first-order chi connectivity index (χ1) is 9.51. The monoisotopic (exact) mass is 351 g/mol. The maximum Gasteiger partial charge on any atom is 0.192 e. The Hall–Kier alpha value is -0.910. The SMILES string of the molecule is Cc1nc(Sc2ccc(CCN)c(Br)c2)nc(C)c1C. The van der Waals surface area contributed by atoms with E-state index in [-0.39, 0.29) is 0 Å². The van der Waals surface area contributed by atoms with Crippen molar-refractivity contribution in [1.82, 2.24) is 9.97 Å². The van der Waals surface area contributed by atoms with Crippen molar-refractivity contribution in [2.24, 2.45) is 5.73 Å². The van der Waals surface area contributed by atoms with E-state index >= 15 is 0 Å². The van der Waals surface area contributed by atoms with E-state index in [0.29, 0.717) is 6.54 Å². The Morgan fingerprint density at radius 2 is 1.80 bits per heavy atom. The summed E-state index contributed by atoms with van der Waals surface area (Å²) in [6, 6.07) is 6.30. The van der Waals surface area contributed by atoms with Crippen molar-refractivity contribution >= 4 is 27.7 Å². The molecule has 0 bridgehead atoms. The fourth-order valence-corrected chi connectivity index (χ4v) is 3.46. The van der Waals surface area contributed by atoms with E-state index in [9.17, 15) is 0 Å². The molecule has 0 aliphatic rings. The van der Waals surface area contributed by atoms with Crippen molar-refractivity contribution < 1.29 is 0 Å². The predicted molar refractivity (Wildman–Crippen MR) is 87.3 cm³/mol. The Kier molecular flexibility index (Phi) is 5.18. The lowest BCUT2D eigenvalue weighted by Crippen LogP contribution is -2.03. The summed E-state index contributed by atoms with van der Waals surface area (Å²) < 4.78 is 1.09. The molecule has 5 heteroatoms. The van der Waals surface area contributed by atoms with Gasteiger partial charge < -0.3 is 5.73 Å². The van der Waals surface area contributed by atoms with Gasteiger partial charge in [0.15, 0.2) is 5.16 Å². The normalized spacial score (nSPS) is 10.8. The Bertz CT molecular complexity index is 606. The average molecular weight is 352 g/mol. The first kappa shape index (κ1) is 15.5. The van der Waals surface area contributed by atoms with E-state index < -0.39 is 0 Å². The van der Waals surface area contributed by atoms with Gasteiger partial charge in [-0.05, 0) is 68.8 Å². The van der Waals surface area contributed by atoms with Crippen molar-refractivity contribution in [2.45, 2.75) is 37.2 Å². The largest absolute Gasteiger partial charge is 0.330 e. The van der Waals surface area contributed by atoms with Crippen molar-refractivity contribution in [1.29, 1.82) is 0 Å². The Morgan fingerprint density at radius 3 is 2.35 bits per heavy atom. The van der Waals surface area contributed by atoms with Crippen LogP contribution in [0.15, 0.2) is 32.7 Å². The Balaban J connectivity index is 2.24. The maximum absolute atomic E-state index is 5.59. The smallest absolute Gasteiger partial charge is 0.192 e. The Labute approximate surface area is 132 Å². The maximum atomic E-state index is 5.59. The van der Waals surface area contributed by atoms with Crippen LogP contribution in [0.25, 0.3) is 0 Å². The fraction of sp³-hybridized carbons (Fsp3) is 0.333. The zero-order chi connectivity index (χ0) is 14.7. The number of hydrogen-bond acceptors (Lipinski definition) is 4. The molecule has 2 aromatic rings. The number of rotatable bonds is 4. The summed E-state index contributed by atoms with van der Waals surface area (Å²) in [5.74, 6) is 0. The molecule has 1 aromatic heterocycles. The van der Waals surface area contributed by atoms with Gasteiger partial charge in [0.25, 0.3) is 0 Å². The van der Waals surface area contributed by atoms with Crippen molar-refractivity contribution in [2.75, 3.05) is 6.54 Å². The first-order valence-electron chi connectivity index (χ1n) is 6.49. The molecular formula is C15H18BrN3S. The summed E-state index contributed by atoms with van der Waals surface area (Å²) in [6.45, 7) is 6.75. The van der Waals surface area contributed by atoms with E-state index in [1.807, 2.05) is 13.8 Å². The molecule has 0 radical (unpaired) electrons. The number of nitrogens with zero attached hydrogens (tertiary/aromatic N) is 2. The minimum atomic E-state index is 0.657. The van der Waals surface area contributed by atoms with Crippen LogP contribution >= 0.6 is 27.7 Å². The van der Waals surface area contributed by atoms with Gasteiger partial charge in [0.1, 0.15) is 0 Å². The van der Waals surface area contributed by atoms with Crippen molar-refractivity contribution in [3.05, 3.63) is 45.2 Å². The highest BCUT2D eigenvalue weighted by atomic mass is 79.9. The van der Waals surface area contributed by atoms with Crippen LogP contribution in [0.4, 0.5) is 0 Å². The third-order valence-corrected chi connectivity index (χ3v) is 4.85. The molecule has 1 aromatic carbocycles. The predicted octanol–water partition coefficient (Wildman–Crippen LogP) is 3.82. The van der Waals surface area contributed by atoms with E-state index in [1.54, 1.807) is 11.8 Å². The van der Waals surface area contributed by atoms with Gasteiger partial charge in [-0.3, -0.25) is 0 Å². The van der Waals surface area contributed by atoms with Gasteiger partial charge in [-0.15, -0.1) is 0 Å². The minimum Gasteiger partial charge on any atom is -0.330 e.